The third-order valence-corrected chi connectivity index (χ3v) is 6.22. The first-order valence-electron chi connectivity index (χ1n) is 13.7. The number of ether oxygens (including phenoxy) is 3. The summed E-state index contributed by atoms with van der Waals surface area (Å²) in [6.45, 7) is 7.55. The molecule has 0 N–H and O–H groups in total. The first-order valence-corrected chi connectivity index (χ1v) is 13.7. The zero-order chi connectivity index (χ0) is 31.1. The Morgan fingerprint density at radius 3 is 2.33 bits per heavy atom. The molecule has 0 bridgehead atoms. The van der Waals surface area contributed by atoms with E-state index in [0.29, 0.717) is 30.3 Å². The van der Waals surface area contributed by atoms with Gasteiger partial charge < -0.3 is 19.1 Å². The molecule has 0 fully saturated rings. The summed E-state index contributed by atoms with van der Waals surface area (Å²) in [5.74, 6) is -0.0373. The van der Waals surface area contributed by atoms with Crippen LogP contribution in [0.25, 0.3) is 10.9 Å². The smallest absolute Gasteiger partial charge is 0.422 e. The molecule has 1 aromatic heterocycles. The summed E-state index contributed by atoms with van der Waals surface area (Å²) in [6.07, 6.45) is -2.01. The minimum Gasteiger partial charge on any atom is -0.488 e. The van der Waals surface area contributed by atoms with Crippen LogP contribution >= 0.6 is 0 Å². The number of carbonyl (C=O) groups excluding carboxylic acids is 2. The highest BCUT2D eigenvalue weighted by atomic mass is 19.4. The number of amides is 1. The van der Waals surface area contributed by atoms with Crippen LogP contribution in [0.5, 0.6) is 11.5 Å². The second kappa shape index (κ2) is 13.6. The Balaban J connectivity index is 1.80. The molecule has 2 aromatic carbocycles. The lowest BCUT2D eigenvalue weighted by molar-refractivity contribution is -0.153. The molecule has 3 aromatic rings. The minimum atomic E-state index is -4.50. The van der Waals surface area contributed by atoms with Gasteiger partial charge in [0.2, 0.25) is 5.91 Å². The number of carbonyl (C=O) groups is 2. The summed E-state index contributed by atoms with van der Waals surface area (Å²) >= 11 is 0. The van der Waals surface area contributed by atoms with Gasteiger partial charge in [0.05, 0.1) is 17.6 Å². The number of fused-ring (bicyclic) bond motifs is 1. The lowest BCUT2D eigenvalue weighted by atomic mass is 10.0. The van der Waals surface area contributed by atoms with E-state index < -0.39 is 30.5 Å². The molecule has 0 saturated carbocycles. The SMILES string of the molecule is CCCC(=O)n1ccc2cc(C[C@@H](C)N(CCOc3ccccc3OCC(F)(F)F)C(=O)OC(C)(C)C)cc(C#N)c21. The van der Waals surface area contributed by atoms with Crippen molar-refractivity contribution in [3.05, 3.63) is 59.8 Å². The number of nitrogens with zero attached hydrogens (tertiary/aromatic N) is 3. The van der Waals surface area contributed by atoms with Crippen LogP contribution < -0.4 is 9.47 Å². The normalized spacial score (nSPS) is 12.5. The summed E-state index contributed by atoms with van der Waals surface area (Å²) in [6, 6.07) is 13.2. The van der Waals surface area contributed by atoms with E-state index in [4.69, 9.17) is 14.2 Å². The quantitative estimate of drug-likeness (QED) is 0.237. The third kappa shape index (κ3) is 8.90. The van der Waals surface area contributed by atoms with Gasteiger partial charge in [-0.25, -0.2) is 4.79 Å². The average molecular weight is 588 g/mol. The molecular formula is C31H36F3N3O5. The van der Waals surface area contributed by atoms with Gasteiger partial charge in [-0.05, 0) is 76.4 Å². The fourth-order valence-corrected chi connectivity index (χ4v) is 4.46. The zero-order valence-corrected chi connectivity index (χ0v) is 24.5. The third-order valence-electron chi connectivity index (χ3n) is 6.22. The van der Waals surface area contributed by atoms with Gasteiger partial charge >= 0.3 is 12.3 Å². The molecule has 1 atom stereocenters. The molecule has 0 aliphatic rings. The maximum atomic E-state index is 13.2. The van der Waals surface area contributed by atoms with Crippen molar-refractivity contribution in [3.8, 4) is 17.6 Å². The Morgan fingerprint density at radius 2 is 1.74 bits per heavy atom. The summed E-state index contributed by atoms with van der Waals surface area (Å²) in [5.41, 5.74) is 0.921. The van der Waals surface area contributed by atoms with Crippen LogP contribution in [0, 0.1) is 11.3 Å². The first-order chi connectivity index (χ1) is 19.7. The van der Waals surface area contributed by atoms with E-state index in [9.17, 15) is 28.0 Å². The van der Waals surface area contributed by atoms with Gasteiger partial charge in [-0.3, -0.25) is 9.36 Å². The molecular weight excluding hydrogens is 551 g/mol. The first kappa shape index (κ1) is 32.3. The predicted molar refractivity (Wildman–Crippen MR) is 152 cm³/mol. The topological polar surface area (TPSA) is 93.8 Å². The Morgan fingerprint density at radius 1 is 1.07 bits per heavy atom. The largest absolute Gasteiger partial charge is 0.488 e. The fraction of sp³-hybridized carbons (Fsp3) is 0.452. The molecule has 0 aliphatic heterocycles. The van der Waals surface area contributed by atoms with Crippen molar-refractivity contribution < 1.29 is 37.0 Å². The van der Waals surface area contributed by atoms with E-state index >= 15 is 0 Å². The minimum absolute atomic E-state index is 0.0408. The van der Waals surface area contributed by atoms with Crippen LogP contribution in [0.3, 0.4) is 0 Å². The molecule has 0 aliphatic carbocycles. The lowest BCUT2D eigenvalue weighted by Gasteiger charge is -2.32. The van der Waals surface area contributed by atoms with Crippen LogP contribution in [0.15, 0.2) is 48.7 Å². The van der Waals surface area contributed by atoms with Gasteiger partial charge in [0.15, 0.2) is 18.1 Å². The molecule has 8 nitrogen and oxygen atoms in total. The molecule has 3 rings (SSSR count). The maximum Gasteiger partial charge on any atom is 0.422 e. The van der Waals surface area contributed by atoms with Gasteiger partial charge in [-0.15, -0.1) is 0 Å². The summed E-state index contributed by atoms with van der Waals surface area (Å²) in [4.78, 5) is 27.2. The van der Waals surface area contributed by atoms with E-state index in [2.05, 4.69) is 6.07 Å². The Labute approximate surface area is 243 Å². The van der Waals surface area contributed by atoms with Crippen LogP contribution in [0.4, 0.5) is 18.0 Å². The zero-order valence-electron chi connectivity index (χ0n) is 24.5. The van der Waals surface area contributed by atoms with E-state index in [1.165, 1.54) is 27.7 Å². The van der Waals surface area contributed by atoms with Crippen LogP contribution in [-0.4, -0.2) is 59.0 Å². The second-order valence-electron chi connectivity index (χ2n) is 10.9. The van der Waals surface area contributed by atoms with Gasteiger partial charge in [-0.1, -0.05) is 19.1 Å². The molecule has 11 heteroatoms. The van der Waals surface area contributed by atoms with Crippen molar-refractivity contribution in [2.24, 2.45) is 0 Å². The number of halogens is 3. The molecule has 0 radical (unpaired) electrons. The van der Waals surface area contributed by atoms with E-state index in [1.54, 1.807) is 45.2 Å². The van der Waals surface area contributed by atoms with Crippen LogP contribution in [0.2, 0.25) is 0 Å². The van der Waals surface area contributed by atoms with Crippen molar-refractivity contribution in [2.75, 3.05) is 19.8 Å². The van der Waals surface area contributed by atoms with Crippen molar-refractivity contribution in [1.82, 2.24) is 9.47 Å². The molecule has 1 amide bonds. The van der Waals surface area contributed by atoms with E-state index in [-0.39, 0.29) is 30.6 Å². The summed E-state index contributed by atoms with van der Waals surface area (Å²) in [7, 11) is 0. The van der Waals surface area contributed by atoms with Gasteiger partial charge in [0, 0.05) is 24.0 Å². The maximum absolute atomic E-state index is 13.2. The van der Waals surface area contributed by atoms with Gasteiger partial charge in [0.1, 0.15) is 18.3 Å². The predicted octanol–water partition coefficient (Wildman–Crippen LogP) is 7.14. The average Bonchev–Trinajstić information content (AvgIpc) is 3.32. The molecule has 226 valence electrons. The van der Waals surface area contributed by atoms with Crippen molar-refractivity contribution in [3.63, 3.8) is 0 Å². The summed E-state index contributed by atoms with van der Waals surface area (Å²) < 4.78 is 55.7. The van der Waals surface area contributed by atoms with Gasteiger partial charge in [0.25, 0.3) is 0 Å². The van der Waals surface area contributed by atoms with Crippen LogP contribution in [-0.2, 0) is 11.2 Å². The van der Waals surface area contributed by atoms with Crippen molar-refractivity contribution >= 4 is 22.9 Å². The highest BCUT2D eigenvalue weighted by molar-refractivity contribution is 5.95. The number of alkyl halides is 3. The van der Waals surface area contributed by atoms with E-state index in [1.807, 2.05) is 19.9 Å². The lowest BCUT2D eigenvalue weighted by Crippen LogP contribution is -2.45. The van der Waals surface area contributed by atoms with Crippen LogP contribution in [0.1, 0.15) is 63.4 Å². The summed E-state index contributed by atoms with van der Waals surface area (Å²) in [5, 5.41) is 10.6. The fourth-order valence-electron chi connectivity index (χ4n) is 4.46. The standard InChI is InChI=1S/C31H36F3N3O5/c1-6-9-27(38)37-13-12-23-17-22(18-24(19-35)28(23)37)16-21(2)36(29(39)42-30(3,4)5)14-15-40-25-10-7-8-11-26(25)41-20-31(32,33)34/h7-8,10-13,17-18,21H,6,9,14-16,20H2,1-5H3/t21-/m1/s1. The number of aromatic nitrogens is 1. The Bertz CT molecular complexity index is 1440. The molecule has 1 heterocycles. The Hall–Kier alpha value is -4.20. The number of benzene rings is 2. The highest BCUT2D eigenvalue weighted by Gasteiger charge is 2.29. The number of hydrogen-bond acceptors (Lipinski definition) is 6. The monoisotopic (exact) mass is 587 g/mol. The number of hydrogen-bond donors (Lipinski definition) is 0. The number of para-hydroxylation sites is 2. The number of rotatable bonds is 11. The molecule has 0 spiro atoms. The molecule has 0 unspecified atom stereocenters. The van der Waals surface area contributed by atoms with Gasteiger partial charge in [-0.2, -0.15) is 18.4 Å². The van der Waals surface area contributed by atoms with E-state index in [0.717, 1.165) is 10.9 Å². The number of nitriles is 1. The van der Waals surface area contributed by atoms with Crippen molar-refractivity contribution in [1.29, 1.82) is 5.26 Å². The highest BCUT2D eigenvalue weighted by Crippen LogP contribution is 2.29. The molecule has 42 heavy (non-hydrogen) atoms. The molecule has 0 saturated heterocycles. The Kier molecular flexibility index (Phi) is 10.5. The second-order valence-corrected chi connectivity index (χ2v) is 10.9. The van der Waals surface area contributed by atoms with Crippen molar-refractivity contribution in [2.45, 2.75) is 71.7 Å².